The summed E-state index contributed by atoms with van der Waals surface area (Å²) in [5.41, 5.74) is 0. The van der Waals surface area contributed by atoms with Gasteiger partial charge in [-0.1, -0.05) is 26.7 Å². The van der Waals surface area contributed by atoms with Gasteiger partial charge in [0.25, 0.3) is 0 Å². The fourth-order valence-electron chi connectivity index (χ4n) is 2.31. The molecule has 0 bridgehead atoms. The second-order valence-corrected chi connectivity index (χ2v) is 4.76. The Kier molecular flexibility index (Phi) is 5.41. The molecule has 18 heavy (non-hydrogen) atoms. The summed E-state index contributed by atoms with van der Waals surface area (Å²) in [5, 5.41) is 12.3. The van der Waals surface area contributed by atoms with Crippen molar-refractivity contribution in [3.8, 4) is 0 Å². The topological polar surface area (TPSA) is 62.5 Å². The first-order valence-corrected chi connectivity index (χ1v) is 6.58. The van der Waals surface area contributed by atoms with Gasteiger partial charge >= 0.3 is 5.97 Å². The number of rotatable bonds is 7. The average molecular weight is 253 g/mol. The zero-order valence-electron chi connectivity index (χ0n) is 11.6. The van der Waals surface area contributed by atoms with Crippen molar-refractivity contribution in [2.24, 2.45) is 5.92 Å². The molecule has 0 amide bonds. The van der Waals surface area contributed by atoms with Crippen LogP contribution in [0.4, 0.5) is 0 Å². The first-order chi connectivity index (χ1) is 8.49. The van der Waals surface area contributed by atoms with Crippen molar-refractivity contribution < 1.29 is 14.3 Å². The number of hydrogen-bond donors (Lipinski definition) is 2. The van der Waals surface area contributed by atoms with Gasteiger partial charge in [0.05, 0.1) is 6.04 Å². The maximum Gasteiger partial charge on any atom is 0.371 e. The Morgan fingerprint density at radius 2 is 1.94 bits per heavy atom. The van der Waals surface area contributed by atoms with Crippen LogP contribution >= 0.6 is 0 Å². The van der Waals surface area contributed by atoms with Crippen LogP contribution in [0.5, 0.6) is 0 Å². The summed E-state index contributed by atoms with van der Waals surface area (Å²) in [7, 11) is 0. The molecule has 102 valence electrons. The molecule has 0 aliphatic rings. The van der Waals surface area contributed by atoms with E-state index in [9.17, 15) is 4.79 Å². The van der Waals surface area contributed by atoms with Crippen molar-refractivity contribution in [2.45, 2.75) is 52.6 Å². The molecule has 2 atom stereocenters. The number of carboxylic acid groups (broad SMARTS) is 1. The summed E-state index contributed by atoms with van der Waals surface area (Å²) in [6, 6.07) is 3.63. The summed E-state index contributed by atoms with van der Waals surface area (Å²) in [6.45, 7) is 8.53. The van der Waals surface area contributed by atoms with Gasteiger partial charge in [0.1, 0.15) is 5.76 Å². The molecule has 0 saturated carbocycles. The Morgan fingerprint density at radius 3 is 2.39 bits per heavy atom. The van der Waals surface area contributed by atoms with E-state index in [1.54, 1.807) is 6.07 Å². The van der Waals surface area contributed by atoms with Crippen LogP contribution in [0.1, 0.15) is 62.9 Å². The lowest BCUT2D eigenvalue weighted by molar-refractivity contribution is 0.0659. The maximum absolute atomic E-state index is 10.7. The normalized spacial score (nSPS) is 14.7. The van der Waals surface area contributed by atoms with Crippen molar-refractivity contribution >= 4 is 5.97 Å². The molecule has 4 heteroatoms. The zero-order valence-corrected chi connectivity index (χ0v) is 11.6. The van der Waals surface area contributed by atoms with Gasteiger partial charge in [0.15, 0.2) is 0 Å². The Hall–Kier alpha value is -1.29. The molecule has 4 nitrogen and oxygen atoms in total. The van der Waals surface area contributed by atoms with Crippen LogP contribution in [0.3, 0.4) is 0 Å². The third kappa shape index (κ3) is 3.60. The van der Waals surface area contributed by atoms with Gasteiger partial charge in [-0.05, 0) is 31.9 Å². The van der Waals surface area contributed by atoms with E-state index in [4.69, 9.17) is 9.52 Å². The molecule has 1 rings (SSSR count). The molecule has 1 heterocycles. The predicted octanol–water partition coefficient (Wildman–Crippen LogP) is 3.45. The smallest absolute Gasteiger partial charge is 0.371 e. The first kappa shape index (κ1) is 14.8. The summed E-state index contributed by atoms with van der Waals surface area (Å²) in [5.74, 6) is 0.266. The van der Waals surface area contributed by atoms with Crippen LogP contribution in [0.15, 0.2) is 16.5 Å². The van der Waals surface area contributed by atoms with Gasteiger partial charge < -0.3 is 14.8 Å². The Balaban J connectivity index is 2.63. The number of nitrogens with one attached hydrogen (secondary N) is 1. The zero-order chi connectivity index (χ0) is 13.7. The molecule has 0 spiro atoms. The number of carbonyl (C=O) groups is 1. The molecule has 0 aliphatic carbocycles. The van der Waals surface area contributed by atoms with Crippen molar-refractivity contribution in [2.75, 3.05) is 0 Å². The van der Waals surface area contributed by atoms with E-state index in [1.165, 1.54) is 6.07 Å². The molecule has 0 radical (unpaired) electrons. The largest absolute Gasteiger partial charge is 0.475 e. The summed E-state index contributed by atoms with van der Waals surface area (Å²) in [6.07, 6.45) is 2.27. The van der Waals surface area contributed by atoms with Crippen molar-refractivity contribution in [1.82, 2.24) is 5.32 Å². The van der Waals surface area contributed by atoms with Gasteiger partial charge in [-0.3, -0.25) is 0 Å². The molecule has 2 N–H and O–H groups in total. The van der Waals surface area contributed by atoms with E-state index < -0.39 is 5.97 Å². The van der Waals surface area contributed by atoms with Crippen molar-refractivity contribution in [3.63, 3.8) is 0 Å². The molecule has 1 aromatic heterocycles. The van der Waals surface area contributed by atoms with Crippen LogP contribution in [-0.2, 0) is 0 Å². The van der Waals surface area contributed by atoms with E-state index >= 15 is 0 Å². The van der Waals surface area contributed by atoms with E-state index in [0.29, 0.717) is 17.7 Å². The number of carboxylic acids is 1. The second kappa shape index (κ2) is 6.59. The first-order valence-electron chi connectivity index (χ1n) is 6.58. The molecular weight excluding hydrogens is 230 g/mol. The number of furan rings is 1. The third-order valence-electron chi connectivity index (χ3n) is 3.53. The summed E-state index contributed by atoms with van der Waals surface area (Å²) >= 11 is 0. The van der Waals surface area contributed by atoms with Crippen LogP contribution in [-0.4, -0.2) is 17.1 Å². The van der Waals surface area contributed by atoms with Gasteiger partial charge in [0.2, 0.25) is 5.76 Å². The molecule has 2 unspecified atom stereocenters. The highest BCUT2D eigenvalue weighted by atomic mass is 16.4. The van der Waals surface area contributed by atoms with E-state index in [0.717, 1.165) is 12.8 Å². The minimum absolute atomic E-state index is 0.00571. The highest BCUT2D eigenvalue weighted by Crippen LogP contribution is 2.20. The molecule has 0 aromatic carbocycles. The molecule has 0 aliphatic heterocycles. The monoisotopic (exact) mass is 253 g/mol. The molecule has 1 aromatic rings. The highest BCUT2D eigenvalue weighted by molar-refractivity contribution is 5.84. The highest BCUT2D eigenvalue weighted by Gasteiger charge is 2.19. The average Bonchev–Trinajstić information content (AvgIpc) is 2.79. The quantitative estimate of drug-likeness (QED) is 0.781. The fraction of sp³-hybridized carbons (Fsp3) is 0.643. The Labute approximate surface area is 108 Å². The predicted molar refractivity (Wildman–Crippen MR) is 70.8 cm³/mol. The maximum atomic E-state index is 10.7. The molecule has 0 saturated heterocycles. The lowest BCUT2D eigenvalue weighted by atomic mass is 9.95. The van der Waals surface area contributed by atoms with E-state index in [2.05, 4.69) is 26.1 Å². The van der Waals surface area contributed by atoms with E-state index in [1.807, 2.05) is 6.92 Å². The van der Waals surface area contributed by atoms with Crippen molar-refractivity contribution in [1.29, 1.82) is 0 Å². The minimum atomic E-state index is -1.03. The van der Waals surface area contributed by atoms with Crippen LogP contribution in [0, 0.1) is 5.92 Å². The lowest BCUT2D eigenvalue weighted by Crippen LogP contribution is -2.34. The molecular formula is C14H23NO3. The Morgan fingerprint density at radius 1 is 1.33 bits per heavy atom. The third-order valence-corrected chi connectivity index (χ3v) is 3.53. The van der Waals surface area contributed by atoms with E-state index in [-0.39, 0.29) is 11.8 Å². The number of aromatic carboxylic acids is 1. The molecule has 0 fully saturated rings. The van der Waals surface area contributed by atoms with Crippen LogP contribution in [0.25, 0.3) is 0 Å². The second-order valence-electron chi connectivity index (χ2n) is 4.76. The standard InChI is InChI=1S/C14H23NO3/c1-5-11(6-2)9(3)15-10(4)12-7-8-13(18-12)14(16)17/h7-11,15H,5-6H2,1-4H3,(H,16,17). The Bertz CT molecular complexity index is 382. The van der Waals surface area contributed by atoms with Gasteiger partial charge in [-0.25, -0.2) is 4.79 Å². The summed E-state index contributed by atoms with van der Waals surface area (Å²) in [4.78, 5) is 10.7. The SMILES string of the molecule is CCC(CC)C(C)NC(C)c1ccc(C(=O)O)o1. The van der Waals surface area contributed by atoms with Crippen LogP contribution in [0.2, 0.25) is 0 Å². The van der Waals surface area contributed by atoms with Crippen LogP contribution < -0.4 is 5.32 Å². The number of hydrogen-bond acceptors (Lipinski definition) is 3. The van der Waals surface area contributed by atoms with Gasteiger partial charge in [-0.2, -0.15) is 0 Å². The minimum Gasteiger partial charge on any atom is -0.475 e. The van der Waals surface area contributed by atoms with Crippen molar-refractivity contribution in [3.05, 3.63) is 23.7 Å². The summed E-state index contributed by atoms with van der Waals surface area (Å²) < 4.78 is 5.29. The van der Waals surface area contributed by atoms with Gasteiger partial charge in [0, 0.05) is 6.04 Å². The fourth-order valence-corrected chi connectivity index (χ4v) is 2.31. The van der Waals surface area contributed by atoms with Gasteiger partial charge in [-0.15, -0.1) is 0 Å². The lowest BCUT2D eigenvalue weighted by Gasteiger charge is -2.25.